The van der Waals surface area contributed by atoms with Crippen molar-refractivity contribution in [1.29, 1.82) is 0 Å². The van der Waals surface area contributed by atoms with Gasteiger partial charge in [0.25, 0.3) is 0 Å². The Morgan fingerprint density at radius 1 is 1.09 bits per heavy atom. The van der Waals surface area contributed by atoms with Crippen LogP contribution >= 0.6 is 11.8 Å². The highest BCUT2D eigenvalue weighted by Gasteiger charge is 2.32. The summed E-state index contributed by atoms with van der Waals surface area (Å²) in [6.07, 6.45) is -0.135. The molecular weight excluding hydrogens is 617 g/mol. The predicted molar refractivity (Wildman–Crippen MR) is 172 cm³/mol. The fourth-order valence-electron chi connectivity index (χ4n) is 4.97. The van der Waals surface area contributed by atoms with Crippen LogP contribution < -0.4 is 15.0 Å². The fourth-order valence-corrected chi connectivity index (χ4v) is 5.83. The van der Waals surface area contributed by atoms with Crippen molar-refractivity contribution in [1.82, 2.24) is 20.1 Å². The Morgan fingerprint density at radius 3 is 2.52 bits per heavy atom. The Kier molecular flexibility index (Phi) is 10.1. The number of nitrogens with one attached hydrogen (secondary N) is 1. The van der Waals surface area contributed by atoms with Gasteiger partial charge in [0.2, 0.25) is 5.91 Å². The lowest BCUT2D eigenvalue weighted by Gasteiger charge is -2.20. The molecule has 5 rings (SSSR count). The molecule has 46 heavy (non-hydrogen) atoms. The van der Waals surface area contributed by atoms with E-state index in [-0.39, 0.29) is 23.5 Å². The lowest BCUT2D eigenvalue weighted by Crippen LogP contribution is -2.34. The normalized spacial score (nSPS) is 15.0. The second-order valence-electron chi connectivity index (χ2n) is 10.9. The van der Waals surface area contributed by atoms with E-state index in [1.54, 1.807) is 4.90 Å². The van der Waals surface area contributed by atoms with E-state index in [1.165, 1.54) is 47.0 Å². The van der Waals surface area contributed by atoms with Gasteiger partial charge in [-0.15, -0.1) is 18.3 Å². The molecule has 0 spiro atoms. The van der Waals surface area contributed by atoms with Crippen molar-refractivity contribution in [2.75, 3.05) is 10.7 Å². The van der Waals surface area contributed by atoms with Gasteiger partial charge in [-0.3, -0.25) is 9.69 Å². The molecule has 240 valence electrons. The van der Waals surface area contributed by atoms with E-state index in [2.05, 4.69) is 32.1 Å². The number of carbonyl (C=O) groups is 2. The molecule has 0 saturated carbocycles. The zero-order valence-electron chi connectivity index (χ0n) is 25.5. The van der Waals surface area contributed by atoms with E-state index in [4.69, 9.17) is 0 Å². The van der Waals surface area contributed by atoms with Crippen LogP contribution in [0, 0.1) is 6.92 Å². The molecule has 1 fully saturated rings. The van der Waals surface area contributed by atoms with Gasteiger partial charge in [-0.1, -0.05) is 61.5 Å². The number of ether oxygens (including phenoxy) is 1. The average molecular weight is 651 g/mol. The van der Waals surface area contributed by atoms with Gasteiger partial charge in [-0.2, -0.15) is 4.99 Å². The number of rotatable bonds is 10. The summed E-state index contributed by atoms with van der Waals surface area (Å²) in [4.78, 5) is 35.8. The molecule has 1 aliphatic rings. The first-order valence-corrected chi connectivity index (χ1v) is 15.8. The second-order valence-corrected chi connectivity index (χ2v) is 11.9. The number of aryl methyl sites for hydroxylation is 3. The van der Waals surface area contributed by atoms with Crippen LogP contribution in [0.25, 0.3) is 17.1 Å². The third-order valence-corrected chi connectivity index (χ3v) is 8.16. The molecule has 2 heterocycles. The first-order chi connectivity index (χ1) is 22.0. The van der Waals surface area contributed by atoms with Crippen LogP contribution in [0.2, 0.25) is 0 Å². The highest BCUT2D eigenvalue weighted by atomic mass is 32.2. The summed E-state index contributed by atoms with van der Waals surface area (Å²) in [5.74, 6) is 0.295. The summed E-state index contributed by atoms with van der Waals surface area (Å²) in [6.45, 7) is 5.97. The van der Waals surface area contributed by atoms with Crippen molar-refractivity contribution in [2.24, 2.45) is 4.99 Å². The zero-order valence-corrected chi connectivity index (χ0v) is 26.4. The topological polar surface area (TPSA) is 102 Å². The SMILES string of the molecule is CCCc1ccc(C)cc1N1C(=O)CSC1=NC(=O)NC(C)CCc1ccc(-c2ncn(-c3ccc(OC(F)(F)F)cc3)n2)cc1. The van der Waals surface area contributed by atoms with Gasteiger partial charge in [0.15, 0.2) is 11.0 Å². The van der Waals surface area contributed by atoms with Gasteiger partial charge in [0.1, 0.15) is 12.1 Å². The summed E-state index contributed by atoms with van der Waals surface area (Å²) >= 11 is 1.27. The average Bonchev–Trinajstić information content (AvgIpc) is 3.64. The number of aliphatic imine (C=N–C) groups is 1. The number of hydrogen-bond donors (Lipinski definition) is 1. The Bertz CT molecular complexity index is 1720. The smallest absolute Gasteiger partial charge is 0.406 e. The largest absolute Gasteiger partial charge is 0.573 e. The molecule has 1 unspecified atom stereocenters. The van der Waals surface area contributed by atoms with Crippen molar-refractivity contribution >= 4 is 34.6 Å². The minimum atomic E-state index is -4.75. The predicted octanol–water partition coefficient (Wildman–Crippen LogP) is 7.26. The van der Waals surface area contributed by atoms with E-state index in [9.17, 15) is 22.8 Å². The van der Waals surface area contributed by atoms with Gasteiger partial charge < -0.3 is 10.1 Å². The summed E-state index contributed by atoms with van der Waals surface area (Å²) in [5, 5.41) is 7.74. The summed E-state index contributed by atoms with van der Waals surface area (Å²) in [6, 6.07) is 18.4. The highest BCUT2D eigenvalue weighted by Crippen LogP contribution is 2.31. The molecule has 1 aliphatic heterocycles. The van der Waals surface area contributed by atoms with Crippen molar-refractivity contribution in [3.05, 3.63) is 89.7 Å². The lowest BCUT2D eigenvalue weighted by molar-refractivity contribution is -0.274. The summed E-state index contributed by atoms with van der Waals surface area (Å²) in [5.41, 5.74) is 5.24. The second kappa shape index (κ2) is 14.2. The van der Waals surface area contributed by atoms with Gasteiger partial charge in [-0.25, -0.2) is 14.5 Å². The summed E-state index contributed by atoms with van der Waals surface area (Å²) < 4.78 is 42.6. The van der Waals surface area contributed by atoms with Crippen LogP contribution in [0.3, 0.4) is 0 Å². The summed E-state index contributed by atoms with van der Waals surface area (Å²) in [7, 11) is 0. The molecule has 4 aromatic rings. The molecule has 1 aromatic heterocycles. The molecule has 9 nitrogen and oxygen atoms in total. The van der Waals surface area contributed by atoms with Crippen molar-refractivity contribution < 1.29 is 27.5 Å². The minimum absolute atomic E-state index is 0.0911. The van der Waals surface area contributed by atoms with Crippen molar-refractivity contribution in [2.45, 2.75) is 58.9 Å². The first-order valence-electron chi connectivity index (χ1n) is 14.8. The van der Waals surface area contributed by atoms with Crippen LogP contribution in [-0.2, 0) is 17.6 Å². The van der Waals surface area contributed by atoms with Crippen LogP contribution in [0.15, 0.2) is 78.0 Å². The Morgan fingerprint density at radius 2 is 1.83 bits per heavy atom. The maximum Gasteiger partial charge on any atom is 0.573 e. The number of urea groups is 1. The third kappa shape index (κ3) is 8.33. The maximum atomic E-state index is 12.8. The Labute approximate surface area is 268 Å². The molecule has 13 heteroatoms. The van der Waals surface area contributed by atoms with Crippen molar-refractivity contribution in [3.8, 4) is 22.8 Å². The van der Waals surface area contributed by atoms with E-state index in [0.29, 0.717) is 29.5 Å². The number of amides is 3. The number of benzene rings is 3. The molecule has 0 radical (unpaired) electrons. The molecular formula is C33H33F3N6O3S. The molecule has 1 atom stereocenters. The molecule has 3 amide bonds. The standard InChI is InChI=1S/C33H33F3N6O3S/c1-4-5-24-11-6-21(2)18-28(24)42-29(43)19-46-32(42)39-31(44)38-22(3)7-8-23-9-12-25(13-10-23)30-37-20-41(40-30)26-14-16-27(17-15-26)45-33(34,35)36/h6,9-18,20,22H,4-5,7-8,19H2,1-3H3,(H,38,44). The number of anilines is 1. The first kappa shape index (κ1) is 32.7. The molecule has 0 bridgehead atoms. The van der Waals surface area contributed by atoms with Crippen LogP contribution in [0.1, 0.15) is 43.4 Å². The monoisotopic (exact) mass is 650 g/mol. The van der Waals surface area contributed by atoms with Crippen LogP contribution in [0.5, 0.6) is 5.75 Å². The maximum absolute atomic E-state index is 12.8. The minimum Gasteiger partial charge on any atom is -0.406 e. The number of thioether (sulfide) groups is 1. The van der Waals surface area contributed by atoms with E-state index in [1.807, 2.05) is 56.3 Å². The number of alkyl halides is 3. The van der Waals surface area contributed by atoms with Crippen LogP contribution in [-0.4, -0.2) is 50.0 Å². The van der Waals surface area contributed by atoms with E-state index in [0.717, 1.165) is 40.8 Å². The molecule has 3 aromatic carbocycles. The van der Waals surface area contributed by atoms with Gasteiger partial charge in [0.05, 0.1) is 17.1 Å². The number of hydrogen-bond acceptors (Lipinski definition) is 6. The number of amidine groups is 1. The molecule has 0 aliphatic carbocycles. The molecule has 1 N–H and O–H groups in total. The van der Waals surface area contributed by atoms with Gasteiger partial charge >= 0.3 is 12.4 Å². The third-order valence-electron chi connectivity index (χ3n) is 7.24. The molecule has 1 saturated heterocycles. The van der Waals surface area contributed by atoms with Gasteiger partial charge in [-0.05, 0) is 80.1 Å². The number of halogens is 3. The van der Waals surface area contributed by atoms with Crippen molar-refractivity contribution in [3.63, 3.8) is 0 Å². The number of nitrogens with zero attached hydrogens (tertiary/aromatic N) is 5. The Hall–Kier alpha value is -4.65. The lowest BCUT2D eigenvalue weighted by atomic mass is 10.0. The van der Waals surface area contributed by atoms with E-state index >= 15 is 0 Å². The quantitative estimate of drug-likeness (QED) is 0.194. The van der Waals surface area contributed by atoms with Gasteiger partial charge in [0, 0.05) is 11.6 Å². The van der Waals surface area contributed by atoms with E-state index < -0.39 is 12.4 Å². The Balaban J connectivity index is 1.16. The van der Waals surface area contributed by atoms with Crippen LogP contribution in [0.4, 0.5) is 23.7 Å². The number of carbonyl (C=O) groups excluding carboxylic acids is 2. The zero-order chi connectivity index (χ0) is 32.8. The fraction of sp³-hybridized carbons (Fsp3) is 0.303. The highest BCUT2D eigenvalue weighted by molar-refractivity contribution is 8.15. The number of aromatic nitrogens is 3.